The van der Waals surface area contributed by atoms with Gasteiger partial charge in [0.1, 0.15) is 23.9 Å². The Hall–Kier alpha value is -4.44. The van der Waals surface area contributed by atoms with Crippen molar-refractivity contribution >= 4 is 23.6 Å². The summed E-state index contributed by atoms with van der Waals surface area (Å²) in [5, 5.41) is 5.49. The van der Waals surface area contributed by atoms with E-state index in [9.17, 15) is 19.2 Å². The number of hydrogen-bond acceptors (Lipinski definition) is 6. The number of likely N-dealkylation sites (N-methyl/N-ethyl adjacent to an activating group) is 1. The van der Waals surface area contributed by atoms with Crippen molar-refractivity contribution in [1.29, 1.82) is 0 Å². The van der Waals surface area contributed by atoms with Crippen molar-refractivity contribution in [1.82, 2.24) is 20.4 Å². The molecule has 2 unspecified atom stereocenters. The molecule has 226 valence electrons. The van der Waals surface area contributed by atoms with E-state index in [0.29, 0.717) is 31.7 Å². The monoisotopic (exact) mass is 585 g/mol. The second-order valence-electron chi connectivity index (χ2n) is 11.4. The van der Waals surface area contributed by atoms with Crippen LogP contribution in [0.1, 0.15) is 48.5 Å². The van der Waals surface area contributed by atoms with Gasteiger partial charge in [-0.3, -0.25) is 19.2 Å². The van der Waals surface area contributed by atoms with Gasteiger partial charge >= 0.3 is 0 Å². The first-order valence-corrected chi connectivity index (χ1v) is 14.8. The fourth-order valence-corrected chi connectivity index (χ4v) is 6.27. The molecule has 2 aromatic carbocycles. The largest absolute Gasteiger partial charge is 0.469 e. The molecule has 4 N–H and O–H groups in total. The highest BCUT2D eigenvalue weighted by molar-refractivity contribution is 5.95. The molecule has 0 radical (unpaired) electrons. The van der Waals surface area contributed by atoms with Gasteiger partial charge in [-0.05, 0) is 43.0 Å². The van der Waals surface area contributed by atoms with Crippen LogP contribution in [-0.2, 0) is 25.6 Å². The number of furan rings is 1. The molecule has 0 saturated carbocycles. The number of likely N-dealkylation sites (tertiary alicyclic amines) is 2. The van der Waals surface area contributed by atoms with Gasteiger partial charge < -0.3 is 30.6 Å². The van der Waals surface area contributed by atoms with Crippen molar-refractivity contribution in [2.75, 3.05) is 20.1 Å². The third-order valence-electron chi connectivity index (χ3n) is 8.56. The average molecular weight is 586 g/mol. The molecule has 2 fully saturated rings. The van der Waals surface area contributed by atoms with Crippen molar-refractivity contribution in [2.45, 2.75) is 62.2 Å². The summed E-state index contributed by atoms with van der Waals surface area (Å²) in [6.45, 7) is 2.21. The summed E-state index contributed by atoms with van der Waals surface area (Å²) >= 11 is 0. The van der Waals surface area contributed by atoms with Crippen LogP contribution in [0.2, 0.25) is 0 Å². The van der Waals surface area contributed by atoms with Gasteiger partial charge in [-0.1, -0.05) is 60.7 Å². The van der Waals surface area contributed by atoms with Gasteiger partial charge in [0, 0.05) is 38.4 Å². The second-order valence-corrected chi connectivity index (χ2v) is 11.4. The standard InChI is InChI=1S/C33H39N5O5/c1-21(34)30(39)36-27(18-26-14-9-15-43-26)32(41)38-20-25(23-12-7-4-8-13-23)17-29(38)33(42)37-19-24(16-28(37)31(40)35-2)22-10-5-3-6-11-22/h3-15,21,24-25,27-29H,16-20,34H2,1-2H3,(H,35,40)(H,36,39)/t21?,24-,25-,27?,28-,29-/m0/s1. The van der Waals surface area contributed by atoms with Gasteiger partial charge in [-0.15, -0.1) is 0 Å². The normalized spacial score (nSPS) is 23.0. The number of rotatable bonds is 9. The molecular formula is C33H39N5O5. The highest BCUT2D eigenvalue weighted by atomic mass is 16.3. The zero-order valence-electron chi connectivity index (χ0n) is 24.5. The van der Waals surface area contributed by atoms with Gasteiger partial charge in [0.25, 0.3) is 0 Å². The van der Waals surface area contributed by atoms with E-state index in [1.807, 2.05) is 60.7 Å². The summed E-state index contributed by atoms with van der Waals surface area (Å²) in [5.41, 5.74) is 7.90. The summed E-state index contributed by atoms with van der Waals surface area (Å²) in [7, 11) is 1.57. The zero-order chi connectivity index (χ0) is 30.5. The molecule has 3 heterocycles. The molecule has 2 saturated heterocycles. The van der Waals surface area contributed by atoms with Crippen LogP contribution < -0.4 is 16.4 Å². The summed E-state index contributed by atoms with van der Waals surface area (Å²) in [6.07, 6.45) is 2.51. The number of carbonyl (C=O) groups is 4. The Bertz CT molecular complexity index is 1410. The van der Waals surface area contributed by atoms with E-state index in [4.69, 9.17) is 10.2 Å². The number of amides is 4. The first-order chi connectivity index (χ1) is 20.8. The van der Waals surface area contributed by atoms with Crippen LogP contribution in [-0.4, -0.2) is 77.7 Å². The molecule has 6 atom stereocenters. The molecular weight excluding hydrogens is 546 g/mol. The van der Waals surface area contributed by atoms with Gasteiger partial charge in [0.2, 0.25) is 23.6 Å². The summed E-state index contributed by atoms with van der Waals surface area (Å²) in [4.78, 5) is 57.6. The fraction of sp³-hybridized carbons (Fsp3) is 0.394. The van der Waals surface area contributed by atoms with E-state index in [-0.39, 0.29) is 30.1 Å². The highest BCUT2D eigenvalue weighted by Crippen LogP contribution is 2.37. The Morgan fingerprint density at radius 2 is 1.44 bits per heavy atom. The Labute approximate surface area is 251 Å². The molecule has 1 aromatic heterocycles. The van der Waals surface area contributed by atoms with Crippen molar-refractivity contribution < 1.29 is 23.6 Å². The van der Waals surface area contributed by atoms with E-state index < -0.39 is 36.0 Å². The van der Waals surface area contributed by atoms with Crippen molar-refractivity contribution in [3.63, 3.8) is 0 Å². The Balaban J connectivity index is 1.46. The van der Waals surface area contributed by atoms with Gasteiger partial charge in [0.15, 0.2) is 0 Å². The number of benzene rings is 2. The first-order valence-electron chi connectivity index (χ1n) is 14.8. The second kappa shape index (κ2) is 13.2. The third kappa shape index (κ3) is 6.64. The molecule has 3 aromatic rings. The van der Waals surface area contributed by atoms with E-state index >= 15 is 0 Å². The summed E-state index contributed by atoms with van der Waals surface area (Å²) < 4.78 is 5.50. The minimum Gasteiger partial charge on any atom is -0.469 e. The van der Waals surface area contributed by atoms with Crippen LogP contribution in [0.3, 0.4) is 0 Å². The number of nitrogens with one attached hydrogen (secondary N) is 2. The van der Waals surface area contributed by atoms with Crippen LogP contribution in [0.4, 0.5) is 0 Å². The Kier molecular flexibility index (Phi) is 9.25. The lowest BCUT2D eigenvalue weighted by Crippen LogP contribution is -2.57. The fourth-order valence-electron chi connectivity index (χ4n) is 6.27. The van der Waals surface area contributed by atoms with Crippen LogP contribution in [0, 0.1) is 0 Å². The van der Waals surface area contributed by atoms with Crippen LogP contribution in [0.15, 0.2) is 83.5 Å². The molecule has 43 heavy (non-hydrogen) atoms. The molecule has 2 aliphatic rings. The molecule has 5 rings (SSSR count). The number of nitrogens with two attached hydrogens (primary N) is 1. The smallest absolute Gasteiger partial charge is 0.246 e. The van der Waals surface area contributed by atoms with Crippen molar-refractivity contribution in [3.05, 3.63) is 95.9 Å². The van der Waals surface area contributed by atoms with E-state index in [1.165, 1.54) is 6.26 Å². The van der Waals surface area contributed by atoms with E-state index in [2.05, 4.69) is 10.6 Å². The lowest BCUT2D eigenvalue weighted by Gasteiger charge is -2.32. The Morgan fingerprint density at radius 3 is 1.98 bits per heavy atom. The third-order valence-corrected chi connectivity index (χ3v) is 8.56. The maximum atomic E-state index is 14.4. The Morgan fingerprint density at radius 1 is 0.860 bits per heavy atom. The molecule has 10 heteroatoms. The van der Waals surface area contributed by atoms with E-state index in [0.717, 1.165) is 11.1 Å². The van der Waals surface area contributed by atoms with Gasteiger partial charge in [-0.2, -0.15) is 0 Å². The summed E-state index contributed by atoms with van der Waals surface area (Å²) in [5.74, 6) is -0.960. The van der Waals surface area contributed by atoms with Crippen molar-refractivity contribution in [2.24, 2.45) is 5.73 Å². The predicted molar refractivity (Wildman–Crippen MR) is 161 cm³/mol. The van der Waals surface area contributed by atoms with Crippen molar-refractivity contribution in [3.8, 4) is 0 Å². The molecule has 0 bridgehead atoms. The minimum absolute atomic E-state index is 0.0139. The number of nitrogens with zero attached hydrogens (tertiary/aromatic N) is 2. The van der Waals surface area contributed by atoms with Crippen LogP contribution >= 0.6 is 0 Å². The minimum atomic E-state index is -0.986. The SMILES string of the molecule is CNC(=O)[C@@H]1C[C@H](c2ccccc2)CN1C(=O)[C@@H]1C[C@H](c2ccccc2)CN1C(=O)C(Cc1ccco1)NC(=O)C(C)N. The van der Waals surface area contributed by atoms with E-state index in [1.54, 1.807) is 35.9 Å². The summed E-state index contributed by atoms with van der Waals surface area (Å²) in [6, 6.07) is 19.8. The maximum Gasteiger partial charge on any atom is 0.246 e. The molecule has 4 amide bonds. The highest BCUT2D eigenvalue weighted by Gasteiger charge is 2.48. The number of carbonyl (C=O) groups excluding carboxylic acids is 4. The number of hydrogen-bond donors (Lipinski definition) is 3. The van der Waals surface area contributed by atoms with Gasteiger partial charge in [0.05, 0.1) is 12.3 Å². The lowest BCUT2D eigenvalue weighted by molar-refractivity contribution is -0.147. The molecule has 10 nitrogen and oxygen atoms in total. The molecule has 0 aliphatic carbocycles. The quantitative estimate of drug-likeness (QED) is 0.352. The first kappa shape index (κ1) is 30.0. The topological polar surface area (TPSA) is 138 Å². The molecule has 0 spiro atoms. The molecule has 2 aliphatic heterocycles. The van der Waals surface area contributed by atoms with Crippen LogP contribution in [0.25, 0.3) is 0 Å². The maximum absolute atomic E-state index is 14.4. The van der Waals surface area contributed by atoms with Crippen LogP contribution in [0.5, 0.6) is 0 Å². The van der Waals surface area contributed by atoms with Gasteiger partial charge in [-0.25, -0.2) is 0 Å². The zero-order valence-corrected chi connectivity index (χ0v) is 24.5. The predicted octanol–water partition coefficient (Wildman–Crippen LogP) is 2.17. The average Bonchev–Trinajstić information content (AvgIpc) is 3.81. The lowest BCUT2D eigenvalue weighted by atomic mass is 9.96.